The summed E-state index contributed by atoms with van der Waals surface area (Å²) in [6.07, 6.45) is 1.69. The lowest BCUT2D eigenvalue weighted by Gasteiger charge is -2.23. The van der Waals surface area contributed by atoms with Crippen LogP contribution in [0.2, 0.25) is 0 Å². The Bertz CT molecular complexity index is 1330. The number of aryl methyl sites for hydroxylation is 1. The Morgan fingerprint density at radius 2 is 1.66 bits per heavy atom. The third-order valence-corrected chi connectivity index (χ3v) is 6.65. The minimum absolute atomic E-state index is 0.0465. The summed E-state index contributed by atoms with van der Waals surface area (Å²) >= 11 is 1.19. The highest BCUT2D eigenvalue weighted by atomic mass is 32.1. The molecular weight excluding hydrogens is 506 g/mol. The fourth-order valence-corrected chi connectivity index (χ4v) is 4.82. The van der Waals surface area contributed by atoms with Crippen molar-refractivity contribution < 1.29 is 28.9 Å². The van der Waals surface area contributed by atoms with Gasteiger partial charge in [0.05, 0.1) is 31.4 Å². The predicted octanol–water partition coefficient (Wildman–Crippen LogP) is 5.45. The lowest BCUT2D eigenvalue weighted by molar-refractivity contribution is -0.132. The molecule has 0 spiro atoms. The lowest BCUT2D eigenvalue weighted by Crippen LogP contribution is -2.29. The number of carbonyl (C=O) groups is 2. The van der Waals surface area contributed by atoms with E-state index in [0.717, 1.165) is 12.8 Å². The molecule has 3 aromatic rings. The van der Waals surface area contributed by atoms with Gasteiger partial charge in [0.1, 0.15) is 16.5 Å². The average Bonchev–Trinajstić information content (AvgIpc) is 3.46. The van der Waals surface area contributed by atoms with Gasteiger partial charge in [-0.1, -0.05) is 31.3 Å². The zero-order chi connectivity index (χ0) is 27.2. The van der Waals surface area contributed by atoms with Crippen LogP contribution in [0.4, 0.5) is 5.13 Å². The van der Waals surface area contributed by atoms with Crippen molar-refractivity contribution in [3.8, 4) is 17.2 Å². The van der Waals surface area contributed by atoms with Crippen molar-refractivity contribution >= 4 is 33.9 Å². The summed E-state index contributed by atoms with van der Waals surface area (Å²) in [5.41, 5.74) is 0.904. The first kappa shape index (κ1) is 27.1. The van der Waals surface area contributed by atoms with Crippen LogP contribution in [0.25, 0.3) is 5.76 Å². The molecule has 1 N–H and O–H groups in total. The number of nitrogens with zero attached hydrogens (tertiary/aromatic N) is 3. The Morgan fingerprint density at radius 1 is 0.947 bits per heavy atom. The van der Waals surface area contributed by atoms with E-state index in [2.05, 4.69) is 10.2 Å². The summed E-state index contributed by atoms with van der Waals surface area (Å²) in [7, 11) is 0. The molecule has 1 aliphatic heterocycles. The molecule has 2 aromatic carbocycles. The number of Topliss-reactive ketones (excluding diaryl/α,β-unsaturated/α-hetero) is 1. The van der Waals surface area contributed by atoms with E-state index in [1.165, 1.54) is 16.2 Å². The molecule has 0 bridgehead atoms. The maximum absolute atomic E-state index is 13.4. The molecule has 10 heteroatoms. The van der Waals surface area contributed by atoms with Gasteiger partial charge in [-0.2, -0.15) is 0 Å². The number of ketones is 1. The van der Waals surface area contributed by atoms with Crippen LogP contribution in [0.1, 0.15) is 55.8 Å². The number of benzene rings is 2. The first-order valence-electron chi connectivity index (χ1n) is 12.6. The highest BCUT2D eigenvalue weighted by Gasteiger charge is 2.48. The third-order valence-electron chi connectivity index (χ3n) is 5.81. The van der Waals surface area contributed by atoms with Crippen molar-refractivity contribution in [1.82, 2.24) is 10.2 Å². The summed E-state index contributed by atoms with van der Waals surface area (Å²) in [5.74, 6) is -0.202. The van der Waals surface area contributed by atoms with Crippen LogP contribution < -0.4 is 19.1 Å². The molecule has 0 radical (unpaired) electrons. The molecule has 4 rings (SSSR count). The van der Waals surface area contributed by atoms with Gasteiger partial charge in [-0.25, -0.2) is 0 Å². The quantitative estimate of drug-likeness (QED) is 0.195. The topological polar surface area (TPSA) is 111 Å². The molecule has 38 heavy (non-hydrogen) atoms. The Kier molecular flexibility index (Phi) is 8.62. The number of hydrogen-bond acceptors (Lipinski definition) is 9. The molecule has 9 nitrogen and oxygen atoms in total. The highest BCUT2D eigenvalue weighted by Crippen LogP contribution is 2.44. The zero-order valence-electron chi connectivity index (χ0n) is 21.9. The van der Waals surface area contributed by atoms with Gasteiger partial charge < -0.3 is 19.3 Å². The number of aliphatic hydroxyl groups excluding tert-OH is 1. The van der Waals surface area contributed by atoms with Crippen LogP contribution in [0, 0.1) is 6.92 Å². The number of ether oxygens (including phenoxy) is 3. The molecule has 1 amide bonds. The first-order chi connectivity index (χ1) is 18.4. The van der Waals surface area contributed by atoms with Gasteiger partial charge in [-0.05, 0) is 68.7 Å². The summed E-state index contributed by atoms with van der Waals surface area (Å²) in [6.45, 7) is 9.13. The van der Waals surface area contributed by atoms with Crippen molar-refractivity contribution in [2.45, 2.75) is 46.6 Å². The molecule has 1 saturated heterocycles. The Labute approximate surface area is 225 Å². The normalized spacial score (nSPS) is 16.6. The zero-order valence-corrected chi connectivity index (χ0v) is 22.7. The molecule has 1 unspecified atom stereocenters. The minimum atomic E-state index is -0.946. The van der Waals surface area contributed by atoms with E-state index in [4.69, 9.17) is 14.2 Å². The molecule has 0 saturated carbocycles. The maximum atomic E-state index is 13.4. The van der Waals surface area contributed by atoms with E-state index in [1.807, 2.05) is 20.8 Å². The second-order valence-electron chi connectivity index (χ2n) is 8.63. The summed E-state index contributed by atoms with van der Waals surface area (Å²) in [5, 5.41) is 20.4. The van der Waals surface area contributed by atoms with Crippen molar-refractivity contribution in [2.24, 2.45) is 0 Å². The number of carbonyl (C=O) groups excluding carboxylic acids is 2. The molecule has 1 fully saturated rings. The van der Waals surface area contributed by atoms with Gasteiger partial charge in [0, 0.05) is 5.56 Å². The van der Waals surface area contributed by atoms with E-state index in [9.17, 15) is 14.7 Å². The first-order valence-corrected chi connectivity index (χ1v) is 13.4. The fourth-order valence-electron chi connectivity index (χ4n) is 4.11. The van der Waals surface area contributed by atoms with Crippen LogP contribution in [0.5, 0.6) is 17.2 Å². The number of hydrogen-bond donors (Lipinski definition) is 1. The number of aliphatic hydroxyl groups is 1. The molecule has 1 aliphatic rings. The predicted molar refractivity (Wildman–Crippen MR) is 145 cm³/mol. The summed E-state index contributed by atoms with van der Waals surface area (Å²) in [6, 6.07) is 11.1. The average molecular weight is 538 g/mol. The van der Waals surface area contributed by atoms with Gasteiger partial charge in [0.15, 0.2) is 11.5 Å². The second-order valence-corrected chi connectivity index (χ2v) is 9.79. The van der Waals surface area contributed by atoms with E-state index in [1.54, 1.807) is 49.4 Å². The van der Waals surface area contributed by atoms with Crippen molar-refractivity contribution in [3.05, 3.63) is 64.2 Å². The van der Waals surface area contributed by atoms with Gasteiger partial charge in [-0.3, -0.25) is 14.5 Å². The maximum Gasteiger partial charge on any atom is 0.301 e. The largest absolute Gasteiger partial charge is 0.507 e. The molecule has 0 aliphatic carbocycles. The van der Waals surface area contributed by atoms with Crippen LogP contribution >= 0.6 is 11.3 Å². The van der Waals surface area contributed by atoms with Gasteiger partial charge in [-0.15, -0.1) is 10.2 Å². The Morgan fingerprint density at radius 3 is 2.29 bits per heavy atom. The minimum Gasteiger partial charge on any atom is -0.507 e. The molecule has 2 heterocycles. The molecular formula is C28H31N3O6S. The number of amides is 1. The summed E-state index contributed by atoms with van der Waals surface area (Å²) in [4.78, 5) is 28.0. The molecule has 1 aromatic heterocycles. The van der Waals surface area contributed by atoms with Crippen LogP contribution in [-0.2, 0) is 9.59 Å². The number of rotatable bonds is 11. The molecule has 200 valence electrons. The van der Waals surface area contributed by atoms with E-state index in [-0.39, 0.29) is 16.5 Å². The highest BCUT2D eigenvalue weighted by molar-refractivity contribution is 7.15. The van der Waals surface area contributed by atoms with E-state index >= 15 is 0 Å². The Balaban J connectivity index is 1.85. The van der Waals surface area contributed by atoms with Gasteiger partial charge in [0.25, 0.3) is 5.78 Å². The number of anilines is 1. The van der Waals surface area contributed by atoms with Crippen molar-refractivity contribution in [3.63, 3.8) is 0 Å². The van der Waals surface area contributed by atoms with Crippen LogP contribution in [-0.4, -0.2) is 46.8 Å². The monoisotopic (exact) mass is 537 g/mol. The standard InChI is InChI=1S/C28H31N3O6S/c1-5-14-36-20-11-8-18(9-12-20)25(32)23-24(31(27(34)26(23)33)28-30-29-17(4)38-28)19-10-13-21(37-15-6-2)22(16-19)35-7-3/h8-13,16,24,32H,5-7,14-15H2,1-4H3. The second kappa shape index (κ2) is 12.1. The van der Waals surface area contributed by atoms with Crippen molar-refractivity contribution in [2.75, 3.05) is 24.7 Å². The van der Waals surface area contributed by atoms with Gasteiger partial charge >= 0.3 is 5.91 Å². The number of aromatic nitrogens is 2. The Hall–Kier alpha value is -3.92. The third kappa shape index (κ3) is 5.50. The van der Waals surface area contributed by atoms with Gasteiger partial charge in [0.2, 0.25) is 5.13 Å². The van der Waals surface area contributed by atoms with Crippen LogP contribution in [0.15, 0.2) is 48.0 Å². The summed E-state index contributed by atoms with van der Waals surface area (Å²) < 4.78 is 17.3. The smallest absolute Gasteiger partial charge is 0.301 e. The van der Waals surface area contributed by atoms with E-state index in [0.29, 0.717) is 53.2 Å². The van der Waals surface area contributed by atoms with Crippen molar-refractivity contribution in [1.29, 1.82) is 0 Å². The lowest BCUT2D eigenvalue weighted by atomic mass is 9.95. The fraction of sp³-hybridized carbons (Fsp3) is 0.357. The SMILES string of the molecule is CCCOc1ccc(C(O)=C2C(=O)C(=O)N(c3nnc(C)s3)C2c2ccc(OCCC)c(OCC)c2)cc1. The van der Waals surface area contributed by atoms with Crippen LogP contribution in [0.3, 0.4) is 0 Å². The van der Waals surface area contributed by atoms with E-state index < -0.39 is 17.7 Å². The molecule has 1 atom stereocenters.